The normalized spacial score (nSPS) is 18.8. The summed E-state index contributed by atoms with van der Waals surface area (Å²) < 4.78 is 0.931. The number of halogens is 1. The van der Waals surface area contributed by atoms with Crippen molar-refractivity contribution in [2.24, 2.45) is 0 Å². The fourth-order valence-electron chi connectivity index (χ4n) is 3.36. The lowest BCUT2D eigenvalue weighted by Crippen LogP contribution is -2.27. The number of hydrogen-bond donors (Lipinski definition) is 0. The number of nitrogens with zero attached hydrogens (tertiary/aromatic N) is 2. The first-order valence-corrected chi connectivity index (χ1v) is 10.6. The Hall–Kier alpha value is -2.05. The van der Waals surface area contributed by atoms with Crippen LogP contribution in [-0.2, 0) is 11.3 Å². The van der Waals surface area contributed by atoms with Crippen LogP contribution >= 0.6 is 27.7 Å². The molecule has 0 saturated carbocycles. The molecule has 2 aromatic carbocycles. The van der Waals surface area contributed by atoms with E-state index in [0.717, 1.165) is 40.5 Å². The first kappa shape index (κ1) is 18.3. The van der Waals surface area contributed by atoms with E-state index >= 15 is 0 Å². The van der Waals surface area contributed by atoms with Crippen molar-refractivity contribution in [2.75, 3.05) is 18.0 Å². The monoisotopic (exact) mass is 442 g/mol. The molecule has 0 aromatic heterocycles. The topological polar surface area (TPSA) is 40.6 Å². The molecule has 2 amide bonds. The fourth-order valence-corrected chi connectivity index (χ4v) is 4.65. The van der Waals surface area contributed by atoms with Crippen molar-refractivity contribution in [2.45, 2.75) is 19.4 Å². The number of amides is 2. The van der Waals surface area contributed by atoms with Crippen LogP contribution in [0.25, 0.3) is 6.08 Å². The van der Waals surface area contributed by atoms with Gasteiger partial charge in [-0.2, -0.15) is 0 Å². The molecule has 2 fully saturated rings. The summed E-state index contributed by atoms with van der Waals surface area (Å²) in [7, 11) is 0. The smallest absolute Gasteiger partial charge is 0.293 e. The third-order valence-electron chi connectivity index (χ3n) is 4.77. The van der Waals surface area contributed by atoms with E-state index in [2.05, 4.69) is 33.0 Å². The van der Waals surface area contributed by atoms with Crippen LogP contribution in [0.4, 0.5) is 10.5 Å². The van der Waals surface area contributed by atoms with Gasteiger partial charge in [0.2, 0.25) is 0 Å². The Bertz CT molecular complexity index is 905. The number of carbonyl (C=O) groups excluding carboxylic acids is 2. The summed E-state index contributed by atoms with van der Waals surface area (Å²) in [6, 6.07) is 15.8. The molecule has 0 atom stereocenters. The van der Waals surface area contributed by atoms with Gasteiger partial charge >= 0.3 is 0 Å². The molecule has 0 spiro atoms. The number of carbonyl (C=O) groups is 2. The third-order valence-corrected chi connectivity index (χ3v) is 6.17. The molecule has 138 valence electrons. The Balaban J connectivity index is 1.49. The molecule has 0 bridgehead atoms. The lowest BCUT2D eigenvalue weighted by Gasteiger charge is -2.17. The van der Waals surface area contributed by atoms with Crippen LogP contribution in [0, 0.1) is 0 Å². The van der Waals surface area contributed by atoms with Gasteiger partial charge in [-0.05, 0) is 66.1 Å². The predicted molar refractivity (Wildman–Crippen MR) is 114 cm³/mol. The largest absolute Gasteiger partial charge is 0.372 e. The molecule has 2 aromatic rings. The lowest BCUT2D eigenvalue weighted by atomic mass is 10.1. The molecule has 4 nitrogen and oxygen atoms in total. The van der Waals surface area contributed by atoms with Crippen LogP contribution in [0.3, 0.4) is 0 Å². The van der Waals surface area contributed by atoms with Crippen molar-refractivity contribution in [3.05, 3.63) is 69.0 Å². The maximum atomic E-state index is 12.7. The Morgan fingerprint density at radius 3 is 2.48 bits per heavy atom. The summed E-state index contributed by atoms with van der Waals surface area (Å²) in [6.45, 7) is 2.50. The van der Waals surface area contributed by atoms with Gasteiger partial charge < -0.3 is 4.90 Å². The molecular formula is C21H19BrN2O2S. The van der Waals surface area contributed by atoms with Gasteiger partial charge in [0.25, 0.3) is 11.1 Å². The van der Waals surface area contributed by atoms with E-state index in [-0.39, 0.29) is 17.7 Å². The van der Waals surface area contributed by atoms with Crippen LogP contribution in [0.5, 0.6) is 0 Å². The maximum Gasteiger partial charge on any atom is 0.293 e. The second-order valence-electron chi connectivity index (χ2n) is 6.68. The summed E-state index contributed by atoms with van der Waals surface area (Å²) in [6.07, 6.45) is 4.29. The first-order valence-electron chi connectivity index (χ1n) is 8.95. The van der Waals surface area contributed by atoms with Crippen molar-refractivity contribution in [3.8, 4) is 0 Å². The van der Waals surface area contributed by atoms with Crippen LogP contribution in [0.2, 0.25) is 0 Å². The second-order valence-corrected chi connectivity index (χ2v) is 8.59. The van der Waals surface area contributed by atoms with Gasteiger partial charge in [0.15, 0.2) is 0 Å². The molecule has 0 aliphatic carbocycles. The zero-order valence-corrected chi connectivity index (χ0v) is 17.1. The van der Waals surface area contributed by atoms with E-state index in [4.69, 9.17) is 0 Å². The quantitative estimate of drug-likeness (QED) is 0.603. The molecule has 4 rings (SSSR count). The number of hydrogen-bond acceptors (Lipinski definition) is 4. The molecular weight excluding hydrogens is 424 g/mol. The van der Waals surface area contributed by atoms with Crippen LogP contribution in [-0.4, -0.2) is 29.1 Å². The average Bonchev–Trinajstić information content (AvgIpc) is 3.28. The predicted octanol–water partition coefficient (Wildman–Crippen LogP) is 5.29. The van der Waals surface area contributed by atoms with Crippen molar-refractivity contribution in [3.63, 3.8) is 0 Å². The van der Waals surface area contributed by atoms with Gasteiger partial charge in [-0.15, -0.1) is 0 Å². The standard InChI is InChI=1S/C21H19BrN2O2S/c22-17-5-3-4-16(12-17)14-24-20(25)19(27-21(24)26)13-15-6-8-18(9-7-15)23-10-1-2-11-23/h3-9,12-13H,1-2,10-11,14H2/b19-13+. The molecule has 2 aliphatic rings. The van der Waals surface area contributed by atoms with E-state index in [9.17, 15) is 9.59 Å². The average molecular weight is 443 g/mol. The highest BCUT2D eigenvalue weighted by Gasteiger charge is 2.34. The van der Waals surface area contributed by atoms with Gasteiger partial charge in [-0.1, -0.05) is 40.2 Å². The van der Waals surface area contributed by atoms with E-state index in [1.165, 1.54) is 23.4 Å². The van der Waals surface area contributed by atoms with Gasteiger partial charge in [0.1, 0.15) is 0 Å². The summed E-state index contributed by atoms with van der Waals surface area (Å²) in [4.78, 5) is 29.1. The van der Waals surface area contributed by atoms with Crippen molar-refractivity contribution >= 4 is 50.6 Å². The number of benzene rings is 2. The van der Waals surface area contributed by atoms with Crippen molar-refractivity contribution in [1.82, 2.24) is 4.90 Å². The third kappa shape index (κ3) is 4.12. The summed E-state index contributed by atoms with van der Waals surface area (Å²) >= 11 is 4.43. The van der Waals surface area contributed by atoms with Crippen LogP contribution in [0.1, 0.15) is 24.0 Å². The number of imide groups is 1. The van der Waals surface area contributed by atoms with E-state index in [1.54, 1.807) is 6.08 Å². The highest BCUT2D eigenvalue weighted by molar-refractivity contribution is 9.10. The number of anilines is 1. The lowest BCUT2D eigenvalue weighted by molar-refractivity contribution is -0.123. The summed E-state index contributed by atoms with van der Waals surface area (Å²) in [5, 5.41) is -0.222. The van der Waals surface area contributed by atoms with Gasteiger partial charge in [-0.25, -0.2) is 0 Å². The van der Waals surface area contributed by atoms with E-state index in [1.807, 2.05) is 36.4 Å². The molecule has 0 radical (unpaired) electrons. The van der Waals surface area contributed by atoms with Crippen molar-refractivity contribution < 1.29 is 9.59 Å². The van der Waals surface area contributed by atoms with Crippen LogP contribution in [0.15, 0.2) is 57.9 Å². The van der Waals surface area contributed by atoms with Crippen molar-refractivity contribution in [1.29, 1.82) is 0 Å². The molecule has 2 aliphatic heterocycles. The van der Waals surface area contributed by atoms with Gasteiger partial charge in [-0.3, -0.25) is 14.5 Å². The zero-order valence-electron chi connectivity index (χ0n) is 14.7. The Labute approximate surface area is 171 Å². The number of thioether (sulfide) groups is 1. The zero-order chi connectivity index (χ0) is 18.8. The fraction of sp³-hybridized carbons (Fsp3) is 0.238. The molecule has 27 heavy (non-hydrogen) atoms. The summed E-state index contributed by atoms with van der Waals surface area (Å²) in [5.41, 5.74) is 3.07. The molecule has 2 saturated heterocycles. The van der Waals surface area contributed by atoms with E-state index in [0.29, 0.717) is 4.91 Å². The highest BCUT2D eigenvalue weighted by Crippen LogP contribution is 2.34. The minimum atomic E-state index is -0.228. The van der Waals surface area contributed by atoms with E-state index < -0.39 is 0 Å². The highest BCUT2D eigenvalue weighted by atomic mass is 79.9. The molecule has 6 heteroatoms. The Morgan fingerprint density at radius 2 is 1.78 bits per heavy atom. The minimum Gasteiger partial charge on any atom is -0.372 e. The second kappa shape index (κ2) is 7.90. The minimum absolute atomic E-state index is 0.222. The summed E-state index contributed by atoms with van der Waals surface area (Å²) in [5.74, 6) is -0.228. The maximum absolute atomic E-state index is 12.7. The Morgan fingerprint density at radius 1 is 1.04 bits per heavy atom. The van der Waals surface area contributed by atoms with Crippen LogP contribution < -0.4 is 4.90 Å². The van der Waals surface area contributed by atoms with Gasteiger partial charge in [0.05, 0.1) is 11.4 Å². The molecule has 0 N–H and O–H groups in total. The SMILES string of the molecule is O=C1S/C(=C/c2ccc(N3CCCC3)cc2)C(=O)N1Cc1cccc(Br)c1. The molecule has 2 heterocycles. The van der Waals surface area contributed by atoms with Gasteiger partial charge in [0, 0.05) is 23.2 Å². The first-order chi connectivity index (χ1) is 13.1. The Kier molecular flexibility index (Phi) is 5.36. The molecule has 0 unspecified atom stereocenters. The number of rotatable bonds is 4.